The molecule has 4 heteroatoms. The molecule has 15 heavy (non-hydrogen) atoms. The zero-order chi connectivity index (χ0) is 11.4. The monoisotopic (exact) mass is 271 g/mol. The van der Waals surface area contributed by atoms with Gasteiger partial charge >= 0.3 is 0 Å². The van der Waals surface area contributed by atoms with Gasteiger partial charge in [0, 0.05) is 4.47 Å². The van der Waals surface area contributed by atoms with Crippen LogP contribution in [-0.2, 0) is 0 Å². The standard InChI is InChI=1S/C11H14BrNO2/c1-7-8(12)4-5-10(15-3)11(7)9(14)6-13-2/h4-5,13H,6H2,1-3H3. The summed E-state index contributed by atoms with van der Waals surface area (Å²) in [5.74, 6) is 0.657. The molecule has 0 radical (unpaired) electrons. The maximum Gasteiger partial charge on any atom is 0.180 e. The van der Waals surface area contributed by atoms with Crippen LogP contribution >= 0.6 is 15.9 Å². The van der Waals surface area contributed by atoms with Crippen molar-refractivity contribution in [3.8, 4) is 5.75 Å². The van der Waals surface area contributed by atoms with E-state index in [1.165, 1.54) is 0 Å². The van der Waals surface area contributed by atoms with Crippen molar-refractivity contribution in [2.75, 3.05) is 20.7 Å². The molecule has 0 aliphatic carbocycles. The van der Waals surface area contributed by atoms with Crippen LogP contribution in [0.3, 0.4) is 0 Å². The summed E-state index contributed by atoms with van der Waals surface area (Å²) in [7, 11) is 3.32. The zero-order valence-electron chi connectivity index (χ0n) is 9.06. The summed E-state index contributed by atoms with van der Waals surface area (Å²) in [6.07, 6.45) is 0. The molecule has 0 aliphatic heterocycles. The average Bonchev–Trinajstić information content (AvgIpc) is 2.22. The number of carbonyl (C=O) groups is 1. The molecule has 0 spiro atoms. The van der Waals surface area contributed by atoms with Gasteiger partial charge in [-0.15, -0.1) is 0 Å². The second kappa shape index (κ2) is 5.28. The van der Waals surface area contributed by atoms with E-state index in [1.54, 1.807) is 20.2 Å². The van der Waals surface area contributed by atoms with Gasteiger partial charge in [-0.25, -0.2) is 0 Å². The fourth-order valence-corrected chi connectivity index (χ4v) is 1.76. The number of ether oxygens (including phenoxy) is 1. The Morgan fingerprint density at radius 3 is 2.73 bits per heavy atom. The molecule has 0 amide bonds. The van der Waals surface area contributed by atoms with E-state index >= 15 is 0 Å². The number of carbonyl (C=O) groups excluding carboxylic acids is 1. The Labute approximate surface area is 97.9 Å². The van der Waals surface area contributed by atoms with Crippen LogP contribution in [0.25, 0.3) is 0 Å². The summed E-state index contributed by atoms with van der Waals surface area (Å²) in [5, 5.41) is 2.84. The molecule has 0 saturated heterocycles. The maximum atomic E-state index is 11.8. The molecule has 0 aliphatic rings. The molecule has 3 nitrogen and oxygen atoms in total. The molecule has 1 aromatic carbocycles. The Kier molecular flexibility index (Phi) is 4.29. The minimum Gasteiger partial charge on any atom is -0.496 e. The fourth-order valence-electron chi connectivity index (χ4n) is 1.43. The quantitative estimate of drug-likeness (QED) is 0.854. The molecule has 1 rings (SSSR count). The second-order valence-corrected chi connectivity index (χ2v) is 4.06. The summed E-state index contributed by atoms with van der Waals surface area (Å²) in [6, 6.07) is 3.67. The minimum atomic E-state index is 0.0353. The number of hydrogen-bond acceptors (Lipinski definition) is 3. The number of halogens is 1. The number of rotatable bonds is 4. The third-order valence-electron chi connectivity index (χ3n) is 2.20. The van der Waals surface area contributed by atoms with Gasteiger partial charge in [0.25, 0.3) is 0 Å². The molecule has 0 fully saturated rings. The van der Waals surface area contributed by atoms with E-state index in [9.17, 15) is 4.79 Å². The summed E-state index contributed by atoms with van der Waals surface area (Å²) < 4.78 is 6.10. The number of nitrogens with one attached hydrogen (secondary N) is 1. The van der Waals surface area contributed by atoms with Crippen molar-refractivity contribution < 1.29 is 9.53 Å². The van der Waals surface area contributed by atoms with Crippen LogP contribution < -0.4 is 10.1 Å². The molecular formula is C11H14BrNO2. The normalized spacial score (nSPS) is 10.1. The minimum absolute atomic E-state index is 0.0353. The van der Waals surface area contributed by atoms with Gasteiger partial charge in [-0.2, -0.15) is 0 Å². The summed E-state index contributed by atoms with van der Waals surface area (Å²) in [6.45, 7) is 2.21. The highest BCUT2D eigenvalue weighted by Crippen LogP contribution is 2.28. The Balaban J connectivity index is 3.23. The van der Waals surface area contributed by atoms with Gasteiger partial charge < -0.3 is 10.1 Å². The van der Waals surface area contributed by atoms with Crippen molar-refractivity contribution in [1.29, 1.82) is 0 Å². The lowest BCUT2D eigenvalue weighted by molar-refractivity contribution is 0.0990. The van der Waals surface area contributed by atoms with E-state index in [0.29, 0.717) is 17.9 Å². The van der Waals surface area contributed by atoms with E-state index in [0.717, 1.165) is 10.0 Å². The number of Topliss-reactive ketones (excluding diaryl/α,β-unsaturated/α-hetero) is 1. The lowest BCUT2D eigenvalue weighted by Gasteiger charge is -2.11. The Morgan fingerprint density at radius 1 is 1.53 bits per heavy atom. The highest BCUT2D eigenvalue weighted by molar-refractivity contribution is 9.10. The van der Waals surface area contributed by atoms with E-state index < -0.39 is 0 Å². The third-order valence-corrected chi connectivity index (χ3v) is 3.06. The smallest absolute Gasteiger partial charge is 0.180 e. The Morgan fingerprint density at radius 2 is 2.20 bits per heavy atom. The first kappa shape index (κ1) is 12.2. The third kappa shape index (κ3) is 2.58. The highest BCUT2D eigenvalue weighted by atomic mass is 79.9. The largest absolute Gasteiger partial charge is 0.496 e. The number of likely N-dealkylation sites (N-methyl/N-ethyl adjacent to an activating group) is 1. The Hall–Kier alpha value is -0.870. The van der Waals surface area contributed by atoms with Crippen molar-refractivity contribution in [2.24, 2.45) is 0 Å². The fraction of sp³-hybridized carbons (Fsp3) is 0.364. The molecule has 82 valence electrons. The molecule has 0 heterocycles. The number of ketones is 1. The van der Waals surface area contributed by atoms with E-state index in [-0.39, 0.29) is 5.78 Å². The number of hydrogen-bond donors (Lipinski definition) is 1. The van der Waals surface area contributed by atoms with Crippen LogP contribution in [0.15, 0.2) is 16.6 Å². The van der Waals surface area contributed by atoms with Crippen LogP contribution in [0.2, 0.25) is 0 Å². The average molecular weight is 272 g/mol. The summed E-state index contributed by atoms with van der Waals surface area (Å²) in [4.78, 5) is 11.8. The molecule has 0 saturated carbocycles. The van der Waals surface area contributed by atoms with Crippen LogP contribution in [0.5, 0.6) is 5.75 Å². The molecule has 0 bridgehead atoms. The van der Waals surface area contributed by atoms with Crippen LogP contribution in [0, 0.1) is 6.92 Å². The zero-order valence-corrected chi connectivity index (χ0v) is 10.6. The van der Waals surface area contributed by atoms with Gasteiger partial charge in [-0.05, 0) is 31.7 Å². The number of methoxy groups -OCH3 is 1. The summed E-state index contributed by atoms with van der Waals surface area (Å²) >= 11 is 3.40. The van der Waals surface area contributed by atoms with E-state index in [1.807, 2.05) is 13.0 Å². The SMILES string of the molecule is CNCC(=O)c1c(OC)ccc(Br)c1C. The molecule has 0 unspecified atom stereocenters. The number of benzene rings is 1. The van der Waals surface area contributed by atoms with Gasteiger partial charge in [-0.1, -0.05) is 15.9 Å². The van der Waals surface area contributed by atoms with Crippen molar-refractivity contribution in [3.63, 3.8) is 0 Å². The van der Waals surface area contributed by atoms with Gasteiger partial charge in [0.1, 0.15) is 5.75 Å². The molecule has 1 aromatic rings. The van der Waals surface area contributed by atoms with Crippen LogP contribution in [-0.4, -0.2) is 26.5 Å². The lowest BCUT2D eigenvalue weighted by Crippen LogP contribution is -2.20. The lowest BCUT2D eigenvalue weighted by atomic mass is 10.0. The van der Waals surface area contributed by atoms with E-state index in [4.69, 9.17) is 4.74 Å². The molecule has 0 aromatic heterocycles. The predicted molar refractivity (Wildman–Crippen MR) is 63.7 cm³/mol. The topological polar surface area (TPSA) is 38.3 Å². The van der Waals surface area contributed by atoms with Crippen LogP contribution in [0.1, 0.15) is 15.9 Å². The predicted octanol–water partition coefficient (Wildman–Crippen LogP) is 2.17. The van der Waals surface area contributed by atoms with Gasteiger partial charge in [0.2, 0.25) is 0 Å². The Bertz CT molecular complexity index is 377. The maximum absolute atomic E-state index is 11.8. The molecule has 1 N–H and O–H groups in total. The van der Waals surface area contributed by atoms with Crippen molar-refractivity contribution >= 4 is 21.7 Å². The van der Waals surface area contributed by atoms with Gasteiger partial charge in [0.15, 0.2) is 5.78 Å². The van der Waals surface area contributed by atoms with Crippen molar-refractivity contribution in [3.05, 3.63) is 27.7 Å². The first-order valence-corrected chi connectivity index (χ1v) is 5.42. The summed E-state index contributed by atoms with van der Waals surface area (Å²) in [5.41, 5.74) is 1.55. The van der Waals surface area contributed by atoms with Gasteiger partial charge in [-0.3, -0.25) is 4.79 Å². The second-order valence-electron chi connectivity index (χ2n) is 3.20. The first-order chi connectivity index (χ1) is 7.11. The van der Waals surface area contributed by atoms with Crippen LogP contribution in [0.4, 0.5) is 0 Å². The van der Waals surface area contributed by atoms with E-state index in [2.05, 4.69) is 21.2 Å². The molecular weight excluding hydrogens is 258 g/mol. The van der Waals surface area contributed by atoms with Crippen molar-refractivity contribution in [2.45, 2.75) is 6.92 Å². The van der Waals surface area contributed by atoms with Gasteiger partial charge in [0.05, 0.1) is 19.2 Å². The highest BCUT2D eigenvalue weighted by Gasteiger charge is 2.16. The van der Waals surface area contributed by atoms with Crippen molar-refractivity contribution in [1.82, 2.24) is 5.32 Å². The molecule has 0 atom stereocenters. The first-order valence-electron chi connectivity index (χ1n) is 4.62.